The topological polar surface area (TPSA) is 48.9 Å². The third-order valence-corrected chi connectivity index (χ3v) is 2.64. The van der Waals surface area contributed by atoms with Crippen LogP contribution in [0.2, 0.25) is 10.0 Å². The summed E-state index contributed by atoms with van der Waals surface area (Å²) in [4.78, 5) is 0. The van der Waals surface area contributed by atoms with Gasteiger partial charge in [0.15, 0.2) is 0 Å². The first-order chi connectivity index (χ1) is 7.18. The van der Waals surface area contributed by atoms with E-state index in [4.69, 9.17) is 23.2 Å². The molecule has 0 aliphatic carbocycles. The van der Waals surface area contributed by atoms with E-state index in [9.17, 15) is 5.11 Å². The number of aromatic nitrogens is 2. The molecule has 0 aliphatic rings. The quantitative estimate of drug-likeness (QED) is 0.851. The summed E-state index contributed by atoms with van der Waals surface area (Å²) in [6, 6.07) is 6.66. The molecule has 0 saturated carbocycles. The van der Waals surface area contributed by atoms with Gasteiger partial charge in [-0.3, -0.25) is 5.10 Å². The highest BCUT2D eigenvalue weighted by Gasteiger charge is 2.14. The molecule has 2 rings (SSSR count). The number of aliphatic hydroxyl groups excluding tert-OH is 1. The summed E-state index contributed by atoms with van der Waals surface area (Å²) in [6.45, 7) is 0. The molecule has 15 heavy (non-hydrogen) atoms. The zero-order valence-corrected chi connectivity index (χ0v) is 9.13. The van der Waals surface area contributed by atoms with Crippen molar-refractivity contribution in [3.63, 3.8) is 0 Å². The number of rotatable bonds is 2. The van der Waals surface area contributed by atoms with Gasteiger partial charge in [-0.15, -0.1) is 0 Å². The van der Waals surface area contributed by atoms with Gasteiger partial charge in [0, 0.05) is 21.8 Å². The molecule has 1 heterocycles. The fourth-order valence-electron chi connectivity index (χ4n) is 1.31. The van der Waals surface area contributed by atoms with Gasteiger partial charge in [0.1, 0.15) is 6.10 Å². The molecule has 5 heteroatoms. The Bertz CT molecular complexity index is 456. The third-order valence-electron chi connectivity index (χ3n) is 2.07. The molecule has 0 aliphatic heterocycles. The van der Waals surface area contributed by atoms with Crippen molar-refractivity contribution in [1.29, 1.82) is 0 Å². The molecule has 0 fully saturated rings. The molecule has 1 atom stereocenters. The van der Waals surface area contributed by atoms with Crippen LogP contribution in [0.4, 0.5) is 0 Å². The van der Waals surface area contributed by atoms with Gasteiger partial charge in [0.25, 0.3) is 0 Å². The van der Waals surface area contributed by atoms with Crippen LogP contribution in [0.1, 0.15) is 17.4 Å². The Kier molecular flexibility index (Phi) is 2.95. The zero-order valence-electron chi connectivity index (χ0n) is 7.61. The van der Waals surface area contributed by atoms with Gasteiger partial charge in [-0.1, -0.05) is 29.3 Å². The first kappa shape index (κ1) is 10.5. The molecular formula is C10H8Cl2N2O. The van der Waals surface area contributed by atoms with Crippen molar-refractivity contribution in [1.82, 2.24) is 10.2 Å². The lowest BCUT2D eigenvalue weighted by Gasteiger charge is -2.10. The number of H-pyrrole nitrogens is 1. The molecule has 0 amide bonds. The SMILES string of the molecule is OC(c1ccn[nH]1)c1ccc(Cl)cc1Cl. The molecule has 1 aromatic heterocycles. The molecule has 0 saturated heterocycles. The minimum atomic E-state index is -0.808. The second kappa shape index (κ2) is 4.23. The van der Waals surface area contributed by atoms with Gasteiger partial charge < -0.3 is 5.11 Å². The number of aliphatic hydroxyl groups is 1. The number of hydrogen-bond acceptors (Lipinski definition) is 2. The van der Waals surface area contributed by atoms with E-state index in [1.807, 2.05) is 0 Å². The summed E-state index contributed by atoms with van der Waals surface area (Å²) in [5, 5.41) is 17.4. The van der Waals surface area contributed by atoms with E-state index in [2.05, 4.69) is 10.2 Å². The van der Waals surface area contributed by atoms with Crippen molar-refractivity contribution < 1.29 is 5.11 Å². The number of halogens is 2. The first-order valence-corrected chi connectivity index (χ1v) is 5.06. The summed E-state index contributed by atoms with van der Waals surface area (Å²) in [7, 11) is 0. The lowest BCUT2D eigenvalue weighted by atomic mass is 10.1. The Labute approximate surface area is 96.7 Å². The maximum absolute atomic E-state index is 9.95. The third kappa shape index (κ3) is 2.15. The van der Waals surface area contributed by atoms with Gasteiger partial charge in [0.2, 0.25) is 0 Å². The maximum Gasteiger partial charge on any atom is 0.122 e. The smallest absolute Gasteiger partial charge is 0.122 e. The van der Waals surface area contributed by atoms with E-state index in [0.717, 1.165) is 0 Å². The molecule has 1 aromatic carbocycles. The lowest BCUT2D eigenvalue weighted by Crippen LogP contribution is -2.00. The van der Waals surface area contributed by atoms with Crippen LogP contribution in [0.5, 0.6) is 0 Å². The lowest BCUT2D eigenvalue weighted by molar-refractivity contribution is 0.215. The minimum absolute atomic E-state index is 0.435. The van der Waals surface area contributed by atoms with E-state index in [-0.39, 0.29) is 0 Å². The molecule has 2 aromatic rings. The largest absolute Gasteiger partial charge is 0.382 e. The summed E-state index contributed by atoms with van der Waals surface area (Å²) in [6.07, 6.45) is 0.764. The summed E-state index contributed by atoms with van der Waals surface area (Å²) in [5.74, 6) is 0. The predicted octanol–water partition coefficient (Wildman–Crippen LogP) is 2.80. The molecule has 3 nitrogen and oxygen atoms in total. The number of hydrogen-bond donors (Lipinski definition) is 2. The summed E-state index contributed by atoms with van der Waals surface area (Å²) in [5.41, 5.74) is 1.20. The van der Waals surface area contributed by atoms with Gasteiger partial charge in [-0.2, -0.15) is 5.10 Å². The van der Waals surface area contributed by atoms with Crippen LogP contribution in [0.3, 0.4) is 0 Å². The minimum Gasteiger partial charge on any atom is -0.382 e. The fourth-order valence-corrected chi connectivity index (χ4v) is 1.82. The van der Waals surface area contributed by atoms with E-state index in [1.54, 1.807) is 30.5 Å². The molecule has 0 spiro atoms. The Hall–Kier alpha value is -1.03. The normalized spacial score (nSPS) is 12.7. The molecule has 0 radical (unpaired) electrons. The van der Waals surface area contributed by atoms with Crippen LogP contribution in [-0.2, 0) is 0 Å². The molecule has 78 valence electrons. The number of aromatic amines is 1. The second-order valence-electron chi connectivity index (χ2n) is 3.08. The zero-order chi connectivity index (χ0) is 10.8. The van der Waals surface area contributed by atoms with E-state index in [0.29, 0.717) is 21.3 Å². The van der Waals surface area contributed by atoms with E-state index >= 15 is 0 Å². The van der Waals surface area contributed by atoms with Crippen molar-refractivity contribution in [2.24, 2.45) is 0 Å². The average molecular weight is 243 g/mol. The highest BCUT2D eigenvalue weighted by atomic mass is 35.5. The highest BCUT2D eigenvalue weighted by molar-refractivity contribution is 6.35. The Morgan fingerprint density at radius 3 is 2.67 bits per heavy atom. The van der Waals surface area contributed by atoms with E-state index < -0.39 is 6.10 Å². The fraction of sp³-hybridized carbons (Fsp3) is 0.100. The highest BCUT2D eigenvalue weighted by Crippen LogP contribution is 2.29. The van der Waals surface area contributed by atoms with Crippen molar-refractivity contribution in [3.8, 4) is 0 Å². The van der Waals surface area contributed by atoms with Gasteiger partial charge in [-0.05, 0) is 18.2 Å². The monoisotopic (exact) mass is 242 g/mol. The molecule has 1 unspecified atom stereocenters. The van der Waals surface area contributed by atoms with Gasteiger partial charge in [-0.25, -0.2) is 0 Å². The Morgan fingerprint density at radius 1 is 1.27 bits per heavy atom. The van der Waals surface area contributed by atoms with Crippen molar-refractivity contribution in [2.75, 3.05) is 0 Å². The molecule has 0 bridgehead atoms. The Morgan fingerprint density at radius 2 is 2.07 bits per heavy atom. The predicted molar refractivity (Wildman–Crippen MR) is 59.1 cm³/mol. The van der Waals surface area contributed by atoms with Crippen molar-refractivity contribution >= 4 is 23.2 Å². The summed E-state index contributed by atoms with van der Waals surface area (Å²) >= 11 is 11.7. The van der Waals surface area contributed by atoms with Crippen LogP contribution in [0, 0.1) is 0 Å². The van der Waals surface area contributed by atoms with Crippen molar-refractivity contribution in [2.45, 2.75) is 6.10 Å². The number of nitrogens with zero attached hydrogens (tertiary/aromatic N) is 1. The van der Waals surface area contributed by atoms with E-state index in [1.165, 1.54) is 0 Å². The Balaban J connectivity index is 2.38. The average Bonchev–Trinajstić information content (AvgIpc) is 2.69. The molecular weight excluding hydrogens is 235 g/mol. The standard InChI is InChI=1S/C10H8Cl2N2O/c11-6-1-2-7(8(12)5-6)10(15)9-3-4-13-14-9/h1-5,10,15H,(H,13,14). The van der Waals surface area contributed by atoms with Crippen LogP contribution < -0.4 is 0 Å². The number of nitrogens with one attached hydrogen (secondary N) is 1. The van der Waals surface area contributed by atoms with Crippen LogP contribution in [0.25, 0.3) is 0 Å². The van der Waals surface area contributed by atoms with Crippen LogP contribution in [-0.4, -0.2) is 15.3 Å². The molecule has 2 N–H and O–H groups in total. The first-order valence-electron chi connectivity index (χ1n) is 4.31. The maximum atomic E-state index is 9.95. The summed E-state index contributed by atoms with van der Waals surface area (Å²) < 4.78 is 0. The van der Waals surface area contributed by atoms with Crippen LogP contribution in [0.15, 0.2) is 30.5 Å². The van der Waals surface area contributed by atoms with Gasteiger partial charge in [0.05, 0.1) is 5.69 Å². The number of benzene rings is 1. The van der Waals surface area contributed by atoms with Gasteiger partial charge >= 0.3 is 0 Å². The van der Waals surface area contributed by atoms with Crippen molar-refractivity contribution in [3.05, 3.63) is 51.8 Å². The second-order valence-corrected chi connectivity index (χ2v) is 3.92. The van der Waals surface area contributed by atoms with Crippen LogP contribution >= 0.6 is 23.2 Å².